The molecule has 0 fully saturated rings. The summed E-state index contributed by atoms with van der Waals surface area (Å²) in [7, 11) is -3.36. The first-order chi connectivity index (χ1) is 8.94. The smallest absolute Gasteiger partial charge is 0.157 e. The fourth-order valence-electron chi connectivity index (χ4n) is 1.79. The first-order valence-corrected chi connectivity index (χ1v) is 8.22. The maximum Gasteiger partial charge on any atom is 0.157 e. The van der Waals surface area contributed by atoms with E-state index in [1.54, 1.807) is 6.07 Å². The molecule has 1 rings (SSSR count). The number of sulfone groups is 1. The van der Waals surface area contributed by atoms with Crippen molar-refractivity contribution in [3.63, 3.8) is 0 Å². The lowest BCUT2D eigenvalue weighted by molar-refractivity contribution is -0.116. The van der Waals surface area contributed by atoms with E-state index in [1.165, 1.54) is 18.2 Å². The van der Waals surface area contributed by atoms with Crippen LogP contribution in [0.25, 0.3) is 0 Å². The molecular formula is C14H19FO3S. The SMILES string of the molecule is CCCCCS(=O)(=O)CC(=O)Cc1ccccc1F. The molecule has 0 saturated heterocycles. The van der Waals surface area contributed by atoms with E-state index in [2.05, 4.69) is 0 Å². The predicted molar refractivity (Wildman–Crippen MR) is 73.3 cm³/mol. The van der Waals surface area contributed by atoms with Gasteiger partial charge < -0.3 is 0 Å². The highest BCUT2D eigenvalue weighted by Gasteiger charge is 2.17. The molecule has 0 saturated carbocycles. The minimum atomic E-state index is -3.36. The van der Waals surface area contributed by atoms with Crippen molar-refractivity contribution < 1.29 is 17.6 Å². The third kappa shape index (κ3) is 5.96. The molecule has 0 aliphatic carbocycles. The van der Waals surface area contributed by atoms with Crippen molar-refractivity contribution in [3.8, 4) is 0 Å². The number of carbonyl (C=O) groups is 1. The maximum atomic E-state index is 13.3. The van der Waals surface area contributed by atoms with Crippen molar-refractivity contribution >= 4 is 15.6 Å². The monoisotopic (exact) mass is 286 g/mol. The Morgan fingerprint density at radius 1 is 1.21 bits per heavy atom. The van der Waals surface area contributed by atoms with E-state index in [4.69, 9.17) is 0 Å². The Kier molecular flexibility index (Phi) is 6.15. The van der Waals surface area contributed by atoms with Crippen LogP contribution in [0.2, 0.25) is 0 Å². The number of unbranched alkanes of at least 4 members (excludes halogenated alkanes) is 2. The zero-order valence-corrected chi connectivity index (χ0v) is 11.9. The molecule has 0 aliphatic heterocycles. The average Bonchev–Trinajstić information content (AvgIpc) is 2.31. The molecule has 106 valence electrons. The van der Waals surface area contributed by atoms with Gasteiger partial charge in [-0.05, 0) is 18.1 Å². The summed E-state index contributed by atoms with van der Waals surface area (Å²) in [5.74, 6) is -1.39. The van der Waals surface area contributed by atoms with E-state index in [0.29, 0.717) is 6.42 Å². The lowest BCUT2D eigenvalue weighted by Crippen LogP contribution is -2.20. The highest BCUT2D eigenvalue weighted by atomic mass is 32.2. The molecule has 3 nitrogen and oxygen atoms in total. The van der Waals surface area contributed by atoms with Gasteiger partial charge in [0.2, 0.25) is 0 Å². The summed E-state index contributed by atoms with van der Waals surface area (Å²) in [6.45, 7) is 1.98. The Bertz CT molecular complexity index is 523. The van der Waals surface area contributed by atoms with E-state index < -0.39 is 27.2 Å². The van der Waals surface area contributed by atoms with E-state index in [-0.39, 0.29) is 17.7 Å². The summed E-state index contributed by atoms with van der Waals surface area (Å²) in [5.41, 5.74) is 0.247. The number of halogens is 1. The van der Waals surface area contributed by atoms with Crippen molar-refractivity contribution in [1.82, 2.24) is 0 Å². The van der Waals surface area contributed by atoms with Crippen molar-refractivity contribution in [2.24, 2.45) is 0 Å². The van der Waals surface area contributed by atoms with Crippen molar-refractivity contribution in [1.29, 1.82) is 0 Å². The molecule has 0 spiro atoms. The van der Waals surface area contributed by atoms with E-state index >= 15 is 0 Å². The third-order valence-electron chi connectivity index (χ3n) is 2.79. The Labute approximate surface area is 113 Å². The molecule has 19 heavy (non-hydrogen) atoms. The van der Waals surface area contributed by atoms with Crippen molar-refractivity contribution in [2.75, 3.05) is 11.5 Å². The second-order valence-electron chi connectivity index (χ2n) is 4.61. The molecule has 0 N–H and O–H groups in total. The average molecular weight is 286 g/mol. The van der Waals surface area contributed by atoms with Gasteiger partial charge >= 0.3 is 0 Å². The molecule has 5 heteroatoms. The van der Waals surface area contributed by atoms with Gasteiger partial charge in [-0.3, -0.25) is 4.79 Å². The van der Waals surface area contributed by atoms with E-state index in [9.17, 15) is 17.6 Å². The molecule has 0 aliphatic rings. The number of rotatable bonds is 8. The van der Waals surface area contributed by atoms with E-state index in [0.717, 1.165) is 12.8 Å². The molecule has 0 unspecified atom stereocenters. The van der Waals surface area contributed by atoms with Crippen LogP contribution in [0.15, 0.2) is 24.3 Å². The van der Waals surface area contributed by atoms with Crippen LogP contribution >= 0.6 is 0 Å². The minimum Gasteiger partial charge on any atom is -0.298 e. The number of hydrogen-bond acceptors (Lipinski definition) is 3. The zero-order valence-electron chi connectivity index (χ0n) is 11.1. The summed E-state index contributed by atoms with van der Waals surface area (Å²) >= 11 is 0. The van der Waals surface area contributed by atoms with Gasteiger partial charge in [-0.15, -0.1) is 0 Å². The van der Waals surface area contributed by atoms with Gasteiger partial charge in [-0.1, -0.05) is 38.0 Å². The molecule has 0 radical (unpaired) electrons. The van der Waals surface area contributed by atoms with Gasteiger partial charge in [-0.2, -0.15) is 0 Å². The molecule has 0 bridgehead atoms. The number of Topliss-reactive ketones (excluding diaryl/α,β-unsaturated/α-hetero) is 1. The molecule has 0 atom stereocenters. The zero-order chi connectivity index (χ0) is 14.3. The van der Waals surface area contributed by atoms with Crippen molar-refractivity contribution in [2.45, 2.75) is 32.6 Å². The largest absolute Gasteiger partial charge is 0.298 e. The van der Waals surface area contributed by atoms with Crippen LogP contribution in [-0.4, -0.2) is 25.7 Å². The minimum absolute atomic E-state index is 0.0316. The van der Waals surface area contributed by atoms with Crippen LogP contribution in [0, 0.1) is 5.82 Å². The highest BCUT2D eigenvalue weighted by molar-refractivity contribution is 7.92. The van der Waals surface area contributed by atoms with Crippen LogP contribution < -0.4 is 0 Å². The second kappa shape index (κ2) is 7.38. The van der Waals surface area contributed by atoms with E-state index in [1.807, 2.05) is 6.92 Å². The molecule has 0 heterocycles. The normalized spacial score (nSPS) is 11.5. The third-order valence-corrected chi connectivity index (χ3v) is 4.46. The highest BCUT2D eigenvalue weighted by Crippen LogP contribution is 2.09. The summed E-state index contributed by atoms with van der Waals surface area (Å²) in [5, 5.41) is 0. The van der Waals surface area contributed by atoms with Crippen LogP contribution in [0.5, 0.6) is 0 Å². The fraction of sp³-hybridized carbons (Fsp3) is 0.500. The lowest BCUT2D eigenvalue weighted by atomic mass is 10.1. The van der Waals surface area contributed by atoms with Gasteiger partial charge in [0.1, 0.15) is 11.6 Å². The lowest BCUT2D eigenvalue weighted by Gasteiger charge is -2.04. The van der Waals surface area contributed by atoms with Crippen LogP contribution in [0.1, 0.15) is 31.7 Å². The summed E-state index contributed by atoms with van der Waals surface area (Å²) < 4.78 is 36.7. The first kappa shape index (κ1) is 15.8. The van der Waals surface area contributed by atoms with Gasteiger partial charge in [0.05, 0.1) is 5.75 Å². The fourth-order valence-corrected chi connectivity index (χ4v) is 3.18. The topological polar surface area (TPSA) is 51.2 Å². The summed E-state index contributed by atoms with van der Waals surface area (Å²) in [4.78, 5) is 11.7. The summed E-state index contributed by atoms with van der Waals surface area (Å²) in [6.07, 6.45) is 2.17. The molecule has 1 aromatic rings. The Morgan fingerprint density at radius 3 is 2.53 bits per heavy atom. The van der Waals surface area contributed by atoms with Crippen LogP contribution in [0.3, 0.4) is 0 Å². The Hall–Kier alpha value is -1.23. The van der Waals surface area contributed by atoms with Gasteiger partial charge in [-0.25, -0.2) is 12.8 Å². The van der Waals surface area contributed by atoms with Crippen LogP contribution in [0.4, 0.5) is 4.39 Å². The van der Waals surface area contributed by atoms with Gasteiger partial charge in [0.25, 0.3) is 0 Å². The number of carbonyl (C=O) groups excluding carboxylic acids is 1. The van der Waals surface area contributed by atoms with Gasteiger partial charge in [0, 0.05) is 6.42 Å². The molecule has 0 amide bonds. The predicted octanol–water partition coefficient (Wildman–Crippen LogP) is 2.54. The number of benzene rings is 1. The van der Waals surface area contributed by atoms with Crippen molar-refractivity contribution in [3.05, 3.63) is 35.6 Å². The maximum absolute atomic E-state index is 13.3. The molecular weight excluding hydrogens is 267 g/mol. The quantitative estimate of drug-likeness (QED) is 0.690. The Balaban J connectivity index is 2.53. The number of ketones is 1. The first-order valence-electron chi connectivity index (χ1n) is 6.40. The number of hydrogen-bond donors (Lipinski definition) is 0. The summed E-state index contributed by atoms with van der Waals surface area (Å²) in [6, 6.07) is 5.92. The molecule has 0 aromatic heterocycles. The van der Waals surface area contributed by atoms with Gasteiger partial charge in [0.15, 0.2) is 15.6 Å². The second-order valence-corrected chi connectivity index (χ2v) is 6.79. The standard InChI is InChI=1S/C14H19FO3S/c1-2-3-6-9-19(17,18)11-13(16)10-12-7-4-5-8-14(12)15/h4-5,7-8H,2-3,6,9-11H2,1H3. The Morgan fingerprint density at radius 2 is 1.89 bits per heavy atom. The molecule has 1 aromatic carbocycles. The van der Waals surface area contributed by atoms with Crippen LogP contribution in [-0.2, 0) is 21.1 Å².